The van der Waals surface area contributed by atoms with E-state index in [2.05, 4.69) is 20.7 Å². The number of halogens is 2. The van der Waals surface area contributed by atoms with Gasteiger partial charge in [0.15, 0.2) is 0 Å². The summed E-state index contributed by atoms with van der Waals surface area (Å²) >= 11 is 12.2. The van der Waals surface area contributed by atoms with Gasteiger partial charge in [0.05, 0.1) is 33.9 Å². The number of nitrogens with zero attached hydrogens (tertiary/aromatic N) is 3. The first-order chi connectivity index (χ1) is 13.2. The van der Waals surface area contributed by atoms with Crippen molar-refractivity contribution in [3.63, 3.8) is 0 Å². The molecule has 0 unspecified atom stereocenters. The number of rotatable bonds is 6. The Hall–Kier alpha value is -2.77. The summed E-state index contributed by atoms with van der Waals surface area (Å²) in [5, 5.41) is 20.8. The Bertz CT molecular complexity index is 1030. The molecule has 0 fully saturated rings. The lowest BCUT2D eigenvalue weighted by Crippen LogP contribution is -2.08. The molecule has 0 saturated carbocycles. The van der Waals surface area contributed by atoms with Crippen LogP contribution in [0.5, 0.6) is 0 Å². The molecule has 0 radical (unpaired) electrons. The molecule has 3 N–H and O–H groups in total. The second-order valence-electron chi connectivity index (χ2n) is 6.50. The molecule has 0 atom stereocenters. The first kappa shape index (κ1) is 20.0. The second kappa shape index (κ2) is 8.08. The number of carbonyl (C=O) groups is 1. The predicted molar refractivity (Wildman–Crippen MR) is 112 cm³/mol. The van der Waals surface area contributed by atoms with Gasteiger partial charge >= 0.3 is 5.97 Å². The number of carboxylic acids is 1. The molecule has 0 aliphatic rings. The number of aromatic carboxylic acids is 1. The number of hydrogen-bond acceptors (Lipinski definition) is 5. The molecule has 2 heterocycles. The van der Waals surface area contributed by atoms with E-state index < -0.39 is 5.97 Å². The van der Waals surface area contributed by atoms with Crippen molar-refractivity contribution in [2.24, 2.45) is 0 Å². The van der Waals surface area contributed by atoms with Crippen molar-refractivity contribution >= 4 is 52.2 Å². The molecule has 7 nitrogen and oxygen atoms in total. The van der Waals surface area contributed by atoms with Crippen LogP contribution >= 0.6 is 23.2 Å². The Morgan fingerprint density at radius 2 is 1.89 bits per heavy atom. The Balaban J connectivity index is 1.92. The van der Waals surface area contributed by atoms with Crippen LogP contribution in [-0.4, -0.2) is 25.8 Å². The number of pyridine rings is 1. The smallest absolute Gasteiger partial charge is 0.337 e. The average Bonchev–Trinajstić information content (AvgIpc) is 2.99. The van der Waals surface area contributed by atoms with Crippen molar-refractivity contribution in [2.75, 3.05) is 10.6 Å². The normalized spacial score (nSPS) is 10.9. The van der Waals surface area contributed by atoms with Crippen LogP contribution in [0.1, 0.15) is 35.9 Å². The maximum absolute atomic E-state index is 11.5. The molecule has 2 aromatic heterocycles. The number of benzene rings is 1. The molecular weight excluding hydrogens is 401 g/mol. The van der Waals surface area contributed by atoms with Crippen LogP contribution in [0.4, 0.5) is 23.0 Å². The van der Waals surface area contributed by atoms with E-state index in [-0.39, 0.29) is 11.6 Å². The molecular formula is C19H19Cl2N5O2. The van der Waals surface area contributed by atoms with Crippen molar-refractivity contribution in [2.45, 2.75) is 26.8 Å². The van der Waals surface area contributed by atoms with E-state index in [1.54, 1.807) is 18.2 Å². The van der Waals surface area contributed by atoms with Crippen LogP contribution < -0.4 is 10.6 Å². The van der Waals surface area contributed by atoms with Gasteiger partial charge in [0.2, 0.25) is 0 Å². The molecule has 0 spiro atoms. The van der Waals surface area contributed by atoms with Gasteiger partial charge in [-0.25, -0.2) is 14.5 Å². The van der Waals surface area contributed by atoms with Gasteiger partial charge in [-0.15, -0.1) is 0 Å². The van der Waals surface area contributed by atoms with Crippen molar-refractivity contribution in [1.82, 2.24) is 14.8 Å². The molecule has 146 valence electrons. The Labute approximate surface area is 172 Å². The number of aryl methyl sites for hydroxylation is 1. The van der Waals surface area contributed by atoms with E-state index in [0.29, 0.717) is 27.2 Å². The van der Waals surface area contributed by atoms with Crippen molar-refractivity contribution in [3.8, 4) is 0 Å². The van der Waals surface area contributed by atoms with Gasteiger partial charge in [-0.05, 0) is 39.0 Å². The molecule has 0 aliphatic carbocycles. The van der Waals surface area contributed by atoms with Gasteiger partial charge in [0.1, 0.15) is 11.6 Å². The highest BCUT2D eigenvalue weighted by Gasteiger charge is 2.14. The van der Waals surface area contributed by atoms with Crippen molar-refractivity contribution < 1.29 is 9.90 Å². The number of aromatic nitrogens is 3. The molecule has 1 aromatic carbocycles. The minimum Gasteiger partial charge on any atom is -0.478 e. The summed E-state index contributed by atoms with van der Waals surface area (Å²) in [6.45, 7) is 5.99. The summed E-state index contributed by atoms with van der Waals surface area (Å²) in [6, 6.07) is 8.38. The molecule has 0 aliphatic heterocycles. The summed E-state index contributed by atoms with van der Waals surface area (Å²) in [4.78, 5) is 15.8. The molecule has 28 heavy (non-hydrogen) atoms. The predicted octanol–water partition coefficient (Wildman–Crippen LogP) is 5.66. The van der Waals surface area contributed by atoms with E-state index in [1.165, 1.54) is 12.3 Å². The highest BCUT2D eigenvalue weighted by atomic mass is 35.5. The van der Waals surface area contributed by atoms with Crippen LogP contribution in [0.2, 0.25) is 10.0 Å². The zero-order chi connectivity index (χ0) is 20.4. The Morgan fingerprint density at radius 3 is 2.57 bits per heavy atom. The van der Waals surface area contributed by atoms with Crippen molar-refractivity contribution in [1.29, 1.82) is 0 Å². The average molecular weight is 420 g/mol. The van der Waals surface area contributed by atoms with Crippen LogP contribution in [0.25, 0.3) is 0 Å². The largest absolute Gasteiger partial charge is 0.478 e. The lowest BCUT2D eigenvalue weighted by atomic mass is 10.1. The highest BCUT2D eigenvalue weighted by molar-refractivity contribution is 6.33. The van der Waals surface area contributed by atoms with E-state index >= 15 is 0 Å². The molecule has 0 bridgehead atoms. The van der Waals surface area contributed by atoms with Crippen LogP contribution in [0.15, 0.2) is 36.5 Å². The third-order valence-electron chi connectivity index (χ3n) is 3.94. The second-order valence-corrected chi connectivity index (χ2v) is 7.35. The molecule has 9 heteroatoms. The fraction of sp³-hybridized carbons (Fsp3) is 0.211. The van der Waals surface area contributed by atoms with E-state index in [4.69, 9.17) is 23.2 Å². The summed E-state index contributed by atoms with van der Waals surface area (Å²) in [6.07, 6.45) is 1.49. The number of nitrogens with one attached hydrogen (secondary N) is 2. The number of carboxylic acid groups (broad SMARTS) is 1. The zero-order valence-electron chi connectivity index (χ0n) is 15.5. The van der Waals surface area contributed by atoms with Crippen LogP contribution in [0, 0.1) is 6.92 Å². The zero-order valence-corrected chi connectivity index (χ0v) is 17.0. The maximum atomic E-state index is 11.5. The molecule has 3 aromatic rings. The molecule has 3 rings (SSSR count). The topological polar surface area (TPSA) is 92.1 Å². The first-order valence-corrected chi connectivity index (χ1v) is 9.28. The third kappa shape index (κ3) is 4.37. The minimum atomic E-state index is -1.09. The van der Waals surface area contributed by atoms with Gasteiger partial charge in [-0.3, -0.25) is 0 Å². The first-order valence-electron chi connectivity index (χ1n) is 8.53. The lowest BCUT2D eigenvalue weighted by molar-refractivity contribution is 0.0698. The van der Waals surface area contributed by atoms with Crippen LogP contribution in [-0.2, 0) is 0 Å². The van der Waals surface area contributed by atoms with Gasteiger partial charge in [0.25, 0.3) is 0 Å². The maximum Gasteiger partial charge on any atom is 0.337 e. The SMILES string of the molecule is Cc1cc(Nc2cc(Nc3ccc(Cl)cc3C(=O)O)c(Cl)cn2)n(C(C)C)n1. The van der Waals surface area contributed by atoms with Gasteiger partial charge in [0, 0.05) is 23.2 Å². The lowest BCUT2D eigenvalue weighted by Gasteiger charge is -2.15. The fourth-order valence-electron chi connectivity index (χ4n) is 2.69. The number of anilines is 4. The van der Waals surface area contributed by atoms with E-state index in [0.717, 1.165) is 11.5 Å². The summed E-state index contributed by atoms with van der Waals surface area (Å²) < 4.78 is 1.86. The van der Waals surface area contributed by atoms with E-state index in [1.807, 2.05) is 31.5 Å². The summed E-state index contributed by atoms with van der Waals surface area (Å²) in [7, 11) is 0. The van der Waals surface area contributed by atoms with Gasteiger partial charge in [-0.1, -0.05) is 23.2 Å². The third-order valence-corrected chi connectivity index (χ3v) is 4.48. The standard InChI is InChI=1S/C19H19Cl2N5O2/c1-10(2)26-18(6-11(3)25-26)24-17-8-16(14(21)9-22-17)23-15-5-4-12(20)7-13(15)19(27)28/h4-10H,1-3H3,(H,27,28)(H2,22,23,24). The quantitative estimate of drug-likeness (QED) is 0.477. The summed E-state index contributed by atoms with van der Waals surface area (Å²) in [5.41, 5.74) is 1.81. The van der Waals surface area contributed by atoms with Gasteiger partial charge in [-0.2, -0.15) is 5.10 Å². The van der Waals surface area contributed by atoms with E-state index in [9.17, 15) is 9.90 Å². The highest BCUT2D eigenvalue weighted by Crippen LogP contribution is 2.31. The Kier molecular flexibility index (Phi) is 5.76. The van der Waals surface area contributed by atoms with Crippen LogP contribution in [0.3, 0.4) is 0 Å². The number of hydrogen-bond donors (Lipinski definition) is 3. The molecule has 0 amide bonds. The molecule has 0 saturated heterocycles. The Morgan fingerprint density at radius 1 is 1.14 bits per heavy atom. The summed E-state index contributed by atoms with van der Waals surface area (Å²) in [5.74, 6) is 0.246. The van der Waals surface area contributed by atoms with Gasteiger partial charge < -0.3 is 15.7 Å². The fourth-order valence-corrected chi connectivity index (χ4v) is 3.01. The van der Waals surface area contributed by atoms with Crippen molar-refractivity contribution in [3.05, 3.63) is 57.8 Å². The monoisotopic (exact) mass is 419 g/mol. The minimum absolute atomic E-state index is 0.0448.